The van der Waals surface area contributed by atoms with Crippen molar-refractivity contribution < 1.29 is 42.7 Å². The van der Waals surface area contributed by atoms with Crippen molar-refractivity contribution >= 4 is 5.97 Å². The molecule has 0 aliphatic heterocycles. The van der Waals surface area contributed by atoms with Crippen molar-refractivity contribution in [2.45, 2.75) is 51.9 Å². The normalized spacial score (nSPS) is 11.2. The van der Waals surface area contributed by atoms with Crippen LogP contribution in [0.5, 0.6) is 0 Å². The van der Waals surface area contributed by atoms with E-state index in [1.807, 2.05) is 0 Å². The van der Waals surface area contributed by atoms with Crippen molar-refractivity contribution in [1.82, 2.24) is 0 Å². The number of hydrogen-bond donors (Lipinski definition) is 0. The van der Waals surface area contributed by atoms with E-state index in [4.69, 9.17) is 37.9 Å². The van der Waals surface area contributed by atoms with E-state index in [0.29, 0.717) is 98.9 Å². The number of carbonyl (C=O) groups excluding carboxylic acids is 1. The number of ether oxygens (including phenoxy) is 8. The van der Waals surface area contributed by atoms with E-state index in [1.54, 1.807) is 7.11 Å². The minimum absolute atomic E-state index is 0.137. The fourth-order valence-electron chi connectivity index (χ4n) is 2.68. The fourth-order valence-corrected chi connectivity index (χ4v) is 2.68. The van der Waals surface area contributed by atoms with Gasteiger partial charge in [-0.25, -0.2) is 0 Å². The Morgan fingerprint density at radius 2 is 0.848 bits per heavy atom. The summed E-state index contributed by atoms with van der Waals surface area (Å²) in [6.07, 6.45) is 7.47. The SMILES string of the molecule is CCCCCCCCC(=O)OCCOCCOCCOCCOCCOCCOCCOC. The first kappa shape index (κ1) is 32.2. The Morgan fingerprint density at radius 1 is 0.485 bits per heavy atom. The molecule has 0 saturated carbocycles. The molecule has 0 aromatic rings. The van der Waals surface area contributed by atoms with Gasteiger partial charge in [0.2, 0.25) is 0 Å². The lowest BCUT2D eigenvalue weighted by Crippen LogP contribution is -2.15. The van der Waals surface area contributed by atoms with Crippen LogP contribution in [0.2, 0.25) is 0 Å². The summed E-state index contributed by atoms with van der Waals surface area (Å²) in [5.41, 5.74) is 0. The number of hydrogen-bond acceptors (Lipinski definition) is 9. The molecule has 0 fully saturated rings. The van der Waals surface area contributed by atoms with Gasteiger partial charge in [-0.3, -0.25) is 4.79 Å². The second kappa shape index (κ2) is 29.2. The quantitative estimate of drug-likeness (QED) is 0.124. The van der Waals surface area contributed by atoms with Gasteiger partial charge in [-0.15, -0.1) is 0 Å². The zero-order valence-corrected chi connectivity index (χ0v) is 21.0. The van der Waals surface area contributed by atoms with Crippen LogP contribution in [0.4, 0.5) is 0 Å². The van der Waals surface area contributed by atoms with E-state index in [1.165, 1.54) is 25.7 Å². The summed E-state index contributed by atoms with van der Waals surface area (Å²) in [4.78, 5) is 11.6. The first-order valence-electron chi connectivity index (χ1n) is 12.4. The van der Waals surface area contributed by atoms with Gasteiger partial charge in [0.1, 0.15) is 6.61 Å². The Balaban J connectivity index is 3.09. The van der Waals surface area contributed by atoms with Gasteiger partial charge in [-0.1, -0.05) is 39.0 Å². The number of rotatable bonds is 28. The molecule has 9 nitrogen and oxygen atoms in total. The topological polar surface area (TPSA) is 90.9 Å². The maximum Gasteiger partial charge on any atom is 0.305 e. The van der Waals surface area contributed by atoms with Crippen LogP contribution in [-0.2, 0) is 42.7 Å². The highest BCUT2D eigenvalue weighted by molar-refractivity contribution is 5.69. The van der Waals surface area contributed by atoms with Gasteiger partial charge in [-0.2, -0.15) is 0 Å². The van der Waals surface area contributed by atoms with E-state index in [-0.39, 0.29) is 5.97 Å². The maximum absolute atomic E-state index is 11.6. The first-order chi connectivity index (χ1) is 16.3. The highest BCUT2D eigenvalue weighted by Crippen LogP contribution is 2.07. The minimum atomic E-state index is -0.137. The Labute approximate surface area is 200 Å². The van der Waals surface area contributed by atoms with Gasteiger partial charge in [0, 0.05) is 13.5 Å². The van der Waals surface area contributed by atoms with Crippen LogP contribution in [-0.4, -0.2) is 106 Å². The summed E-state index contributed by atoms with van der Waals surface area (Å²) in [6, 6.07) is 0. The Hall–Kier alpha value is -0.810. The molecule has 0 aromatic heterocycles. The molecule has 0 bridgehead atoms. The van der Waals surface area contributed by atoms with Gasteiger partial charge < -0.3 is 37.9 Å². The largest absolute Gasteiger partial charge is 0.463 e. The number of esters is 1. The third kappa shape index (κ3) is 29.2. The molecule has 0 N–H and O–H groups in total. The molecule has 0 aliphatic carbocycles. The third-order valence-electron chi connectivity index (χ3n) is 4.52. The Bertz CT molecular complexity index is 383. The average molecular weight is 481 g/mol. The Morgan fingerprint density at radius 3 is 1.27 bits per heavy atom. The standard InChI is InChI=1S/C24H48O9/c1-3-4-5-6-7-8-9-24(25)33-23-22-32-21-20-31-19-18-30-17-16-29-15-14-28-13-12-27-11-10-26-2/h3-23H2,1-2H3. The van der Waals surface area contributed by atoms with Gasteiger partial charge in [0.05, 0.1) is 85.9 Å². The van der Waals surface area contributed by atoms with E-state index < -0.39 is 0 Å². The molecular weight excluding hydrogens is 432 g/mol. The van der Waals surface area contributed by atoms with Crippen LogP contribution in [0.15, 0.2) is 0 Å². The summed E-state index contributed by atoms with van der Waals surface area (Å²) >= 11 is 0. The maximum atomic E-state index is 11.6. The van der Waals surface area contributed by atoms with Crippen molar-refractivity contribution in [3.05, 3.63) is 0 Å². The van der Waals surface area contributed by atoms with Crippen molar-refractivity contribution in [3.63, 3.8) is 0 Å². The molecule has 0 saturated heterocycles. The van der Waals surface area contributed by atoms with Crippen LogP contribution >= 0.6 is 0 Å². The van der Waals surface area contributed by atoms with Crippen molar-refractivity contribution in [1.29, 1.82) is 0 Å². The molecule has 0 radical (unpaired) electrons. The van der Waals surface area contributed by atoms with Crippen LogP contribution in [0.3, 0.4) is 0 Å². The van der Waals surface area contributed by atoms with E-state index in [9.17, 15) is 4.79 Å². The summed E-state index contributed by atoms with van der Waals surface area (Å²) < 4.78 is 42.3. The van der Waals surface area contributed by atoms with Crippen LogP contribution < -0.4 is 0 Å². The number of carbonyl (C=O) groups is 1. The molecule has 0 aliphatic rings. The average Bonchev–Trinajstić information content (AvgIpc) is 2.82. The lowest BCUT2D eigenvalue weighted by atomic mass is 10.1. The van der Waals surface area contributed by atoms with Gasteiger partial charge in [-0.05, 0) is 6.42 Å². The summed E-state index contributed by atoms with van der Waals surface area (Å²) in [6.45, 7) is 9.25. The molecule has 198 valence electrons. The minimum Gasteiger partial charge on any atom is -0.463 e. The molecule has 0 spiro atoms. The zero-order chi connectivity index (χ0) is 24.1. The molecular formula is C24H48O9. The molecule has 0 unspecified atom stereocenters. The first-order valence-corrected chi connectivity index (χ1v) is 12.4. The zero-order valence-electron chi connectivity index (χ0n) is 21.0. The predicted octanol–water partition coefficient (Wildman–Crippen LogP) is 3.03. The van der Waals surface area contributed by atoms with Crippen LogP contribution in [0.1, 0.15) is 51.9 Å². The lowest BCUT2D eigenvalue weighted by molar-refractivity contribution is -0.145. The molecule has 33 heavy (non-hydrogen) atoms. The number of methoxy groups -OCH3 is 1. The van der Waals surface area contributed by atoms with Crippen molar-refractivity contribution in [2.24, 2.45) is 0 Å². The second-order valence-electron chi connectivity index (χ2n) is 7.41. The fraction of sp³-hybridized carbons (Fsp3) is 0.958. The van der Waals surface area contributed by atoms with Gasteiger partial charge in [0.15, 0.2) is 0 Å². The molecule has 0 rings (SSSR count). The smallest absolute Gasteiger partial charge is 0.305 e. The highest BCUT2D eigenvalue weighted by atomic mass is 16.6. The molecule has 0 aromatic carbocycles. The second-order valence-corrected chi connectivity index (χ2v) is 7.41. The molecule has 0 amide bonds. The monoisotopic (exact) mass is 480 g/mol. The van der Waals surface area contributed by atoms with Crippen LogP contribution in [0.25, 0.3) is 0 Å². The van der Waals surface area contributed by atoms with Gasteiger partial charge in [0.25, 0.3) is 0 Å². The predicted molar refractivity (Wildman–Crippen MR) is 126 cm³/mol. The molecule has 0 atom stereocenters. The van der Waals surface area contributed by atoms with E-state index >= 15 is 0 Å². The van der Waals surface area contributed by atoms with E-state index in [0.717, 1.165) is 12.8 Å². The molecule has 0 heterocycles. The van der Waals surface area contributed by atoms with Crippen molar-refractivity contribution in [3.8, 4) is 0 Å². The third-order valence-corrected chi connectivity index (χ3v) is 4.52. The molecule has 9 heteroatoms. The number of unbranched alkanes of at least 4 members (excludes halogenated alkanes) is 5. The van der Waals surface area contributed by atoms with E-state index in [2.05, 4.69) is 6.92 Å². The summed E-state index contributed by atoms with van der Waals surface area (Å²) in [5, 5.41) is 0. The van der Waals surface area contributed by atoms with Crippen LogP contribution in [0, 0.1) is 0 Å². The highest BCUT2D eigenvalue weighted by Gasteiger charge is 2.02. The Kier molecular flexibility index (Phi) is 28.5. The lowest BCUT2D eigenvalue weighted by Gasteiger charge is -2.08. The summed E-state index contributed by atoms with van der Waals surface area (Å²) in [5.74, 6) is -0.137. The van der Waals surface area contributed by atoms with Gasteiger partial charge >= 0.3 is 5.97 Å². The van der Waals surface area contributed by atoms with Crippen molar-refractivity contribution in [2.75, 3.05) is 99.6 Å². The summed E-state index contributed by atoms with van der Waals surface area (Å²) in [7, 11) is 1.64.